The zero-order chi connectivity index (χ0) is 14.9. The van der Waals surface area contributed by atoms with Gasteiger partial charge in [-0.3, -0.25) is 0 Å². The highest BCUT2D eigenvalue weighted by Gasteiger charge is 2.32. The van der Waals surface area contributed by atoms with Crippen molar-refractivity contribution in [3.05, 3.63) is 65.7 Å². The van der Waals surface area contributed by atoms with Crippen LogP contribution in [0.1, 0.15) is 18.1 Å². The maximum atomic E-state index is 12.5. The van der Waals surface area contributed by atoms with E-state index < -0.39 is 10.0 Å². The van der Waals surface area contributed by atoms with Crippen LogP contribution in [0.5, 0.6) is 0 Å². The molecule has 0 unspecified atom stereocenters. The highest BCUT2D eigenvalue weighted by atomic mass is 32.2. The van der Waals surface area contributed by atoms with Gasteiger partial charge in [-0.1, -0.05) is 55.5 Å². The van der Waals surface area contributed by atoms with Crippen molar-refractivity contribution in [1.29, 1.82) is 0 Å². The average Bonchev–Trinajstić information content (AvgIpc) is 2.51. The van der Waals surface area contributed by atoms with Crippen LogP contribution in [0.4, 0.5) is 0 Å². The van der Waals surface area contributed by atoms with Gasteiger partial charge in [0.15, 0.2) is 0 Å². The molecule has 4 heteroatoms. The predicted octanol–water partition coefficient (Wildman–Crippen LogP) is 3.25. The largest absolute Gasteiger partial charge is 0.243 e. The minimum absolute atomic E-state index is 0.403. The molecule has 1 heterocycles. The first-order valence-corrected chi connectivity index (χ1v) is 8.42. The number of fused-ring (bicyclic) bond motifs is 1. The molecule has 0 radical (unpaired) electrons. The molecular formula is C17H17NO2S. The Bertz CT molecular complexity index is 779. The highest BCUT2D eigenvalue weighted by Crippen LogP contribution is 2.33. The van der Waals surface area contributed by atoms with Crippen LogP contribution in [-0.2, 0) is 10.0 Å². The van der Waals surface area contributed by atoms with Crippen molar-refractivity contribution < 1.29 is 8.42 Å². The van der Waals surface area contributed by atoms with E-state index in [4.69, 9.17) is 0 Å². The number of sulfonamides is 1. The van der Waals surface area contributed by atoms with E-state index in [0.29, 0.717) is 18.0 Å². The Labute approximate surface area is 125 Å². The Morgan fingerprint density at radius 2 is 1.71 bits per heavy atom. The summed E-state index contributed by atoms with van der Waals surface area (Å²) in [4.78, 5) is 0.403. The summed E-state index contributed by atoms with van der Waals surface area (Å²) in [7, 11) is -3.37. The third kappa shape index (κ3) is 2.52. The third-order valence-corrected chi connectivity index (χ3v) is 5.67. The number of benzene rings is 2. The van der Waals surface area contributed by atoms with Crippen molar-refractivity contribution in [3.63, 3.8) is 0 Å². The summed E-state index contributed by atoms with van der Waals surface area (Å²) in [5.41, 5.74) is 2.93. The van der Waals surface area contributed by atoms with Gasteiger partial charge in [0.1, 0.15) is 0 Å². The second-order valence-electron chi connectivity index (χ2n) is 5.01. The van der Waals surface area contributed by atoms with E-state index in [1.54, 1.807) is 12.1 Å². The molecule has 2 aromatic rings. The van der Waals surface area contributed by atoms with Gasteiger partial charge in [-0.2, -0.15) is 4.31 Å². The summed E-state index contributed by atoms with van der Waals surface area (Å²) in [6, 6.07) is 17.2. The van der Waals surface area contributed by atoms with E-state index in [2.05, 4.69) is 6.08 Å². The first-order valence-electron chi connectivity index (χ1n) is 6.98. The first kappa shape index (κ1) is 14.0. The van der Waals surface area contributed by atoms with Crippen LogP contribution in [-0.4, -0.2) is 25.8 Å². The Hall–Kier alpha value is -1.91. The molecule has 108 valence electrons. The summed E-state index contributed by atoms with van der Waals surface area (Å²) in [6.07, 6.45) is 2.07. The zero-order valence-electron chi connectivity index (χ0n) is 11.9. The van der Waals surface area contributed by atoms with E-state index in [-0.39, 0.29) is 0 Å². The van der Waals surface area contributed by atoms with Crippen molar-refractivity contribution in [2.45, 2.75) is 11.8 Å². The van der Waals surface area contributed by atoms with Crippen molar-refractivity contribution in [3.8, 4) is 0 Å². The van der Waals surface area contributed by atoms with Gasteiger partial charge in [0.05, 0.1) is 4.90 Å². The molecule has 0 atom stereocenters. The van der Waals surface area contributed by atoms with Crippen molar-refractivity contribution >= 4 is 21.7 Å². The molecular weight excluding hydrogens is 282 g/mol. The number of likely N-dealkylation sites (N-methyl/N-ethyl adjacent to an activating group) is 1. The fourth-order valence-electron chi connectivity index (χ4n) is 2.61. The molecule has 0 saturated carbocycles. The van der Waals surface area contributed by atoms with Crippen LogP contribution in [0.25, 0.3) is 11.6 Å². The Balaban J connectivity index is 2.17. The fourth-order valence-corrected chi connectivity index (χ4v) is 4.27. The molecule has 0 fully saturated rings. The predicted molar refractivity (Wildman–Crippen MR) is 85.2 cm³/mol. The summed E-state index contributed by atoms with van der Waals surface area (Å²) in [6.45, 7) is 2.76. The Morgan fingerprint density at radius 3 is 2.43 bits per heavy atom. The lowest BCUT2D eigenvalue weighted by Crippen LogP contribution is -2.36. The maximum Gasteiger partial charge on any atom is 0.243 e. The molecule has 21 heavy (non-hydrogen) atoms. The monoisotopic (exact) mass is 299 g/mol. The Kier molecular flexibility index (Phi) is 3.66. The van der Waals surface area contributed by atoms with Gasteiger partial charge in [-0.15, -0.1) is 0 Å². The summed E-state index contributed by atoms with van der Waals surface area (Å²) in [5, 5.41) is 0. The number of hydrogen-bond donors (Lipinski definition) is 0. The normalized spacial score (nSPS) is 19.4. The standard InChI is InChI=1S/C17H17NO2S/c1-2-18-13-15(12-14-8-4-3-5-9-14)16-10-6-7-11-17(16)21(18,19)20/h3-12H,2,13H2,1H3/b15-12+. The molecule has 0 N–H and O–H groups in total. The minimum atomic E-state index is -3.37. The summed E-state index contributed by atoms with van der Waals surface area (Å²) >= 11 is 0. The third-order valence-electron chi connectivity index (χ3n) is 3.69. The molecule has 2 aromatic carbocycles. The molecule has 0 aliphatic carbocycles. The number of rotatable bonds is 2. The van der Waals surface area contributed by atoms with Gasteiger partial charge in [-0.25, -0.2) is 8.42 Å². The number of nitrogens with zero attached hydrogens (tertiary/aromatic N) is 1. The van der Waals surface area contributed by atoms with Gasteiger partial charge >= 0.3 is 0 Å². The smallest absolute Gasteiger partial charge is 0.207 e. The molecule has 0 spiro atoms. The van der Waals surface area contributed by atoms with E-state index in [1.807, 2.05) is 49.4 Å². The van der Waals surface area contributed by atoms with Crippen LogP contribution in [0, 0.1) is 0 Å². The quantitative estimate of drug-likeness (QED) is 0.853. The lowest BCUT2D eigenvalue weighted by Gasteiger charge is -2.29. The van der Waals surface area contributed by atoms with E-state index in [0.717, 1.165) is 16.7 Å². The van der Waals surface area contributed by atoms with Crippen LogP contribution in [0.3, 0.4) is 0 Å². The molecule has 0 amide bonds. The van der Waals surface area contributed by atoms with E-state index in [9.17, 15) is 8.42 Å². The van der Waals surface area contributed by atoms with Gasteiger partial charge in [0.25, 0.3) is 0 Å². The van der Waals surface area contributed by atoms with Crippen molar-refractivity contribution in [2.24, 2.45) is 0 Å². The lowest BCUT2D eigenvalue weighted by molar-refractivity contribution is 0.457. The zero-order valence-corrected chi connectivity index (χ0v) is 12.7. The second-order valence-corrected chi connectivity index (χ2v) is 6.91. The topological polar surface area (TPSA) is 37.4 Å². The SMILES string of the molecule is CCN1C/C(=C\c2ccccc2)c2ccccc2S1(=O)=O. The molecule has 0 aromatic heterocycles. The van der Waals surface area contributed by atoms with Crippen LogP contribution in [0.15, 0.2) is 59.5 Å². The Morgan fingerprint density at radius 1 is 1.05 bits per heavy atom. The van der Waals surface area contributed by atoms with Gasteiger partial charge in [-0.05, 0) is 28.8 Å². The second kappa shape index (κ2) is 5.47. The summed E-state index contributed by atoms with van der Waals surface area (Å²) in [5.74, 6) is 0. The van der Waals surface area contributed by atoms with Crippen LogP contribution >= 0.6 is 0 Å². The fraction of sp³-hybridized carbons (Fsp3) is 0.176. The maximum absolute atomic E-state index is 12.5. The molecule has 3 rings (SSSR count). The lowest BCUT2D eigenvalue weighted by atomic mass is 10.0. The van der Waals surface area contributed by atoms with Crippen LogP contribution < -0.4 is 0 Å². The first-order chi connectivity index (χ1) is 10.1. The molecule has 3 nitrogen and oxygen atoms in total. The van der Waals surface area contributed by atoms with Crippen molar-refractivity contribution in [1.82, 2.24) is 4.31 Å². The molecule has 1 aliphatic rings. The molecule has 0 bridgehead atoms. The van der Waals surface area contributed by atoms with Crippen molar-refractivity contribution in [2.75, 3.05) is 13.1 Å². The highest BCUT2D eigenvalue weighted by molar-refractivity contribution is 7.89. The summed E-state index contributed by atoms with van der Waals surface area (Å²) < 4.78 is 26.6. The van der Waals surface area contributed by atoms with Gasteiger partial charge in [0.2, 0.25) is 10.0 Å². The van der Waals surface area contributed by atoms with Gasteiger partial charge < -0.3 is 0 Å². The van der Waals surface area contributed by atoms with E-state index >= 15 is 0 Å². The average molecular weight is 299 g/mol. The van der Waals surface area contributed by atoms with E-state index in [1.165, 1.54) is 4.31 Å². The minimum Gasteiger partial charge on any atom is -0.207 e. The number of hydrogen-bond acceptors (Lipinski definition) is 2. The van der Waals surface area contributed by atoms with Crippen LogP contribution in [0.2, 0.25) is 0 Å². The van der Waals surface area contributed by atoms with Gasteiger partial charge in [0, 0.05) is 13.1 Å². The molecule has 0 saturated heterocycles. The molecule has 1 aliphatic heterocycles.